The fraction of sp³-hybridized carbons (Fsp3) is 0.325. The summed E-state index contributed by atoms with van der Waals surface area (Å²) in [5.74, 6) is -1.84. The Morgan fingerprint density at radius 1 is 0.840 bits per heavy atom. The number of nitrogens with one attached hydrogen (secondary N) is 2. The van der Waals surface area contributed by atoms with Gasteiger partial charge < -0.3 is 25.2 Å². The van der Waals surface area contributed by atoms with Crippen LogP contribution >= 0.6 is 0 Å². The highest BCUT2D eigenvalue weighted by atomic mass is 16.5. The van der Waals surface area contributed by atoms with Crippen molar-refractivity contribution in [3.8, 4) is 5.75 Å². The fourth-order valence-corrected chi connectivity index (χ4v) is 5.29. The Kier molecular flexibility index (Phi) is 14.1. The number of benzene rings is 3. The van der Waals surface area contributed by atoms with E-state index >= 15 is 0 Å². The van der Waals surface area contributed by atoms with Crippen LogP contribution in [0.5, 0.6) is 5.75 Å². The molecular weight excluding hydrogens is 636 g/mol. The van der Waals surface area contributed by atoms with Gasteiger partial charge in [-0.3, -0.25) is 19.2 Å². The Balaban J connectivity index is 1.22. The molecular formula is C40H44N2O8. The maximum atomic E-state index is 12.9. The van der Waals surface area contributed by atoms with E-state index in [2.05, 4.69) is 17.6 Å². The first kappa shape index (κ1) is 37.3. The van der Waals surface area contributed by atoms with Gasteiger partial charge in [-0.25, -0.2) is 4.79 Å². The van der Waals surface area contributed by atoms with E-state index in [0.29, 0.717) is 35.6 Å². The predicted octanol–water partition coefficient (Wildman–Crippen LogP) is 6.85. The number of carboxylic acid groups (broad SMARTS) is 1. The van der Waals surface area contributed by atoms with Crippen molar-refractivity contribution in [2.75, 3.05) is 11.9 Å². The molecule has 50 heavy (non-hydrogen) atoms. The van der Waals surface area contributed by atoms with Crippen molar-refractivity contribution in [1.82, 2.24) is 5.32 Å². The third-order valence-electron chi connectivity index (χ3n) is 8.23. The second-order valence-electron chi connectivity index (χ2n) is 12.3. The number of carboxylic acids is 1. The van der Waals surface area contributed by atoms with Crippen LogP contribution in [0.15, 0.2) is 96.8 Å². The van der Waals surface area contributed by atoms with E-state index in [-0.39, 0.29) is 30.1 Å². The third-order valence-corrected chi connectivity index (χ3v) is 8.23. The topological polar surface area (TPSA) is 148 Å². The molecule has 1 aliphatic rings. The zero-order chi connectivity index (χ0) is 35.9. The molecule has 2 atom stereocenters. The van der Waals surface area contributed by atoms with E-state index in [4.69, 9.17) is 9.47 Å². The molecule has 0 bridgehead atoms. The second kappa shape index (κ2) is 18.9. The van der Waals surface area contributed by atoms with Gasteiger partial charge in [0.1, 0.15) is 17.6 Å². The van der Waals surface area contributed by atoms with Crippen molar-refractivity contribution in [3.05, 3.63) is 119 Å². The van der Waals surface area contributed by atoms with Gasteiger partial charge in [0, 0.05) is 23.2 Å². The lowest BCUT2D eigenvalue weighted by molar-refractivity contribution is -0.139. The van der Waals surface area contributed by atoms with Crippen molar-refractivity contribution < 1.29 is 38.6 Å². The molecule has 0 fully saturated rings. The highest BCUT2D eigenvalue weighted by Crippen LogP contribution is 2.22. The van der Waals surface area contributed by atoms with E-state index < -0.39 is 29.8 Å². The fourth-order valence-electron chi connectivity index (χ4n) is 5.29. The van der Waals surface area contributed by atoms with Gasteiger partial charge >= 0.3 is 11.9 Å². The quantitative estimate of drug-likeness (QED) is 0.0572. The number of hydrogen-bond acceptors (Lipinski definition) is 7. The van der Waals surface area contributed by atoms with Gasteiger partial charge in [-0.05, 0) is 79.4 Å². The average molecular weight is 681 g/mol. The predicted molar refractivity (Wildman–Crippen MR) is 190 cm³/mol. The normalized spacial score (nSPS) is 14.2. The van der Waals surface area contributed by atoms with Gasteiger partial charge in [-0.2, -0.15) is 0 Å². The summed E-state index contributed by atoms with van der Waals surface area (Å²) in [5.41, 5.74) is 2.64. The van der Waals surface area contributed by atoms with Crippen molar-refractivity contribution in [2.45, 2.75) is 71.3 Å². The Hall–Kier alpha value is -5.51. The SMILES string of the molecule is CCCCCCCOC1=CCC(C(=O)Oc2ccc(C[C@H](NC(=O)c3ccc(NC(=O)Cc4ccc(C(C)=O)cc4)cc3)C(=O)O)cc2)C=C1. The summed E-state index contributed by atoms with van der Waals surface area (Å²) in [4.78, 5) is 61.5. The monoisotopic (exact) mass is 680 g/mol. The van der Waals surface area contributed by atoms with Crippen LogP contribution < -0.4 is 15.4 Å². The summed E-state index contributed by atoms with van der Waals surface area (Å²) < 4.78 is 11.3. The number of ether oxygens (including phenoxy) is 2. The van der Waals surface area contributed by atoms with E-state index in [1.165, 1.54) is 38.3 Å². The van der Waals surface area contributed by atoms with Crippen LogP contribution in [-0.4, -0.2) is 47.3 Å². The van der Waals surface area contributed by atoms with Crippen molar-refractivity contribution >= 4 is 35.2 Å². The molecule has 1 aliphatic carbocycles. The van der Waals surface area contributed by atoms with Crippen molar-refractivity contribution in [2.24, 2.45) is 5.92 Å². The van der Waals surface area contributed by atoms with Crippen LogP contribution in [-0.2, 0) is 32.0 Å². The number of anilines is 1. The van der Waals surface area contributed by atoms with E-state index in [9.17, 15) is 29.1 Å². The number of esters is 1. The van der Waals surface area contributed by atoms with Gasteiger partial charge in [0.25, 0.3) is 5.91 Å². The van der Waals surface area contributed by atoms with E-state index in [0.717, 1.165) is 24.2 Å². The zero-order valence-corrected chi connectivity index (χ0v) is 28.5. The summed E-state index contributed by atoms with van der Waals surface area (Å²) in [5, 5.41) is 15.1. The third kappa shape index (κ3) is 11.9. The van der Waals surface area contributed by atoms with Crippen LogP contribution in [0.2, 0.25) is 0 Å². The van der Waals surface area contributed by atoms with Crippen LogP contribution in [0.3, 0.4) is 0 Å². The number of carbonyl (C=O) groups is 5. The largest absolute Gasteiger partial charge is 0.494 e. The number of carbonyl (C=O) groups excluding carboxylic acids is 4. The Labute approximate surface area is 292 Å². The lowest BCUT2D eigenvalue weighted by Gasteiger charge is -2.17. The first-order chi connectivity index (χ1) is 24.1. The van der Waals surface area contributed by atoms with E-state index in [1.807, 2.05) is 6.08 Å². The molecule has 10 heteroatoms. The maximum absolute atomic E-state index is 12.9. The number of rotatable bonds is 18. The molecule has 10 nitrogen and oxygen atoms in total. The number of unbranched alkanes of at least 4 members (excludes halogenated alkanes) is 4. The molecule has 0 radical (unpaired) electrons. The highest BCUT2D eigenvalue weighted by molar-refractivity contribution is 5.98. The highest BCUT2D eigenvalue weighted by Gasteiger charge is 2.23. The van der Waals surface area contributed by atoms with Gasteiger partial charge in [0.05, 0.1) is 18.9 Å². The molecule has 3 aromatic rings. The van der Waals surface area contributed by atoms with Gasteiger partial charge in [-0.1, -0.05) is 75.1 Å². The minimum atomic E-state index is -1.21. The minimum Gasteiger partial charge on any atom is -0.494 e. The molecule has 2 amide bonds. The molecule has 3 N–H and O–H groups in total. The average Bonchev–Trinajstić information content (AvgIpc) is 3.11. The van der Waals surface area contributed by atoms with Crippen LogP contribution in [0, 0.1) is 5.92 Å². The molecule has 4 rings (SSSR count). The summed E-state index contributed by atoms with van der Waals surface area (Å²) in [7, 11) is 0. The van der Waals surface area contributed by atoms with Crippen molar-refractivity contribution in [1.29, 1.82) is 0 Å². The van der Waals surface area contributed by atoms with Gasteiger partial charge in [0.2, 0.25) is 5.91 Å². The van der Waals surface area contributed by atoms with Crippen LogP contribution in [0.25, 0.3) is 0 Å². The van der Waals surface area contributed by atoms with Gasteiger partial charge in [-0.15, -0.1) is 0 Å². The van der Waals surface area contributed by atoms with Crippen LogP contribution in [0.4, 0.5) is 5.69 Å². The summed E-state index contributed by atoms with van der Waals surface area (Å²) in [6, 6.07) is 18.2. The summed E-state index contributed by atoms with van der Waals surface area (Å²) in [6.45, 7) is 4.32. The molecule has 3 aromatic carbocycles. The molecule has 0 saturated heterocycles. The molecule has 1 unspecified atom stereocenters. The molecule has 0 saturated carbocycles. The number of hydrogen-bond donors (Lipinski definition) is 3. The molecule has 0 heterocycles. The Morgan fingerprint density at radius 3 is 2.12 bits per heavy atom. The van der Waals surface area contributed by atoms with Crippen molar-refractivity contribution in [3.63, 3.8) is 0 Å². The Bertz CT molecular complexity index is 1690. The zero-order valence-electron chi connectivity index (χ0n) is 28.5. The summed E-state index contributed by atoms with van der Waals surface area (Å²) in [6.07, 6.45) is 11.9. The smallest absolute Gasteiger partial charge is 0.326 e. The number of allylic oxidation sites excluding steroid dienone is 2. The summed E-state index contributed by atoms with van der Waals surface area (Å²) >= 11 is 0. The first-order valence-corrected chi connectivity index (χ1v) is 17.0. The Morgan fingerprint density at radius 2 is 1.50 bits per heavy atom. The lowest BCUT2D eigenvalue weighted by Crippen LogP contribution is -2.42. The number of ketones is 1. The molecule has 262 valence electrons. The second-order valence-corrected chi connectivity index (χ2v) is 12.3. The maximum Gasteiger partial charge on any atom is 0.326 e. The standard InChI is InChI=1S/C40H44N2O8/c1-3-4-5-6-7-24-49-34-22-16-32(17-23-34)40(48)50-35-20-10-28(11-21-35)25-36(39(46)47)42-38(45)31-14-18-33(19-15-31)41-37(44)26-29-8-12-30(13-9-29)27(2)43/h8-16,18-23,32,36H,3-7,17,24-26H2,1-2H3,(H,41,44)(H,42,45)(H,46,47)/t32?,36-/m0/s1. The molecule has 0 aliphatic heterocycles. The van der Waals surface area contributed by atoms with Gasteiger partial charge in [0.15, 0.2) is 5.78 Å². The number of Topliss-reactive ketones (excluding diaryl/α,β-unsaturated/α-hetero) is 1. The lowest BCUT2D eigenvalue weighted by atomic mass is 10.0. The number of amides is 2. The molecule has 0 aromatic heterocycles. The molecule has 0 spiro atoms. The number of aliphatic carboxylic acids is 1. The van der Waals surface area contributed by atoms with Crippen LogP contribution in [0.1, 0.15) is 84.2 Å². The first-order valence-electron chi connectivity index (χ1n) is 17.0. The van der Waals surface area contributed by atoms with E-state index in [1.54, 1.807) is 72.8 Å². The minimum absolute atomic E-state index is 0.00831.